The molecule has 1 amide bonds. The first-order valence-corrected chi connectivity index (χ1v) is 7.79. The van der Waals surface area contributed by atoms with Gasteiger partial charge in [0.1, 0.15) is 11.5 Å². The van der Waals surface area contributed by atoms with Crippen molar-refractivity contribution in [3.05, 3.63) is 77.9 Å². The van der Waals surface area contributed by atoms with E-state index in [2.05, 4.69) is 20.6 Å². The van der Waals surface area contributed by atoms with Gasteiger partial charge in [0.05, 0.1) is 0 Å². The molecule has 0 fully saturated rings. The van der Waals surface area contributed by atoms with Crippen molar-refractivity contribution in [3.63, 3.8) is 0 Å². The van der Waals surface area contributed by atoms with Gasteiger partial charge >= 0.3 is 0 Å². The Morgan fingerprint density at radius 1 is 1.00 bits per heavy atom. The van der Waals surface area contributed by atoms with Gasteiger partial charge in [0.25, 0.3) is 5.91 Å². The van der Waals surface area contributed by atoms with Crippen LogP contribution in [0.1, 0.15) is 27.8 Å². The fourth-order valence-corrected chi connectivity index (χ4v) is 2.25. The van der Waals surface area contributed by atoms with Crippen molar-refractivity contribution >= 4 is 29.0 Å². The Kier molecular flexibility index (Phi) is 4.98. The van der Waals surface area contributed by atoms with Crippen LogP contribution in [-0.2, 0) is 0 Å². The number of benzene rings is 2. The monoisotopic (exact) mass is 350 g/mol. The SMILES string of the molecule is CC(=O)c1cccc(Nc2nccc(C(=O)Nc3cccc(F)c3)n2)c1. The minimum Gasteiger partial charge on any atom is -0.324 e. The number of amides is 1. The summed E-state index contributed by atoms with van der Waals surface area (Å²) in [5, 5.41) is 5.53. The zero-order chi connectivity index (χ0) is 18.5. The minimum absolute atomic E-state index is 0.0576. The molecule has 0 atom stereocenters. The van der Waals surface area contributed by atoms with Gasteiger partial charge in [0, 0.05) is 23.1 Å². The first-order chi connectivity index (χ1) is 12.5. The molecular weight excluding hydrogens is 335 g/mol. The van der Waals surface area contributed by atoms with E-state index in [1.165, 1.54) is 37.4 Å². The number of anilines is 3. The second kappa shape index (κ2) is 7.52. The van der Waals surface area contributed by atoms with Gasteiger partial charge in [-0.1, -0.05) is 18.2 Å². The molecule has 0 unspecified atom stereocenters. The van der Waals surface area contributed by atoms with Crippen LogP contribution in [0.15, 0.2) is 60.8 Å². The van der Waals surface area contributed by atoms with Crippen molar-refractivity contribution in [2.45, 2.75) is 6.92 Å². The molecule has 0 aliphatic carbocycles. The number of carbonyl (C=O) groups excluding carboxylic acids is 2. The van der Waals surface area contributed by atoms with E-state index in [9.17, 15) is 14.0 Å². The normalized spacial score (nSPS) is 10.2. The molecule has 2 aromatic carbocycles. The Morgan fingerprint density at radius 2 is 1.77 bits per heavy atom. The van der Waals surface area contributed by atoms with E-state index in [0.29, 0.717) is 16.9 Å². The smallest absolute Gasteiger partial charge is 0.274 e. The summed E-state index contributed by atoms with van der Waals surface area (Å²) < 4.78 is 13.2. The molecule has 0 saturated carbocycles. The molecule has 2 N–H and O–H groups in total. The predicted molar refractivity (Wildman–Crippen MR) is 96.1 cm³/mol. The Morgan fingerprint density at radius 3 is 2.54 bits per heavy atom. The number of aromatic nitrogens is 2. The highest BCUT2D eigenvalue weighted by Crippen LogP contribution is 2.16. The van der Waals surface area contributed by atoms with Crippen molar-refractivity contribution in [3.8, 4) is 0 Å². The van der Waals surface area contributed by atoms with E-state index in [0.717, 1.165) is 0 Å². The predicted octanol–water partition coefficient (Wildman–Crippen LogP) is 3.81. The summed E-state index contributed by atoms with van der Waals surface area (Å²) in [6.07, 6.45) is 1.44. The lowest BCUT2D eigenvalue weighted by atomic mass is 10.1. The van der Waals surface area contributed by atoms with Gasteiger partial charge in [-0.05, 0) is 43.3 Å². The highest BCUT2D eigenvalue weighted by atomic mass is 19.1. The number of carbonyl (C=O) groups is 2. The number of hydrogen-bond acceptors (Lipinski definition) is 5. The van der Waals surface area contributed by atoms with Crippen molar-refractivity contribution in [1.29, 1.82) is 0 Å². The quantitative estimate of drug-likeness (QED) is 0.684. The first-order valence-electron chi connectivity index (χ1n) is 7.79. The lowest BCUT2D eigenvalue weighted by Gasteiger charge is -2.08. The number of rotatable bonds is 5. The van der Waals surface area contributed by atoms with Gasteiger partial charge < -0.3 is 10.6 Å². The number of ketones is 1. The van der Waals surface area contributed by atoms with Crippen LogP contribution in [0, 0.1) is 5.82 Å². The summed E-state index contributed by atoms with van der Waals surface area (Å²) in [7, 11) is 0. The van der Waals surface area contributed by atoms with Gasteiger partial charge in [0.15, 0.2) is 5.78 Å². The molecule has 1 heterocycles. The van der Waals surface area contributed by atoms with E-state index in [1.807, 2.05) is 0 Å². The lowest BCUT2D eigenvalue weighted by molar-refractivity contribution is 0.101. The molecule has 0 saturated heterocycles. The molecule has 0 aliphatic heterocycles. The summed E-state index contributed by atoms with van der Waals surface area (Å²) in [5.41, 5.74) is 1.63. The van der Waals surface area contributed by atoms with Crippen molar-refractivity contribution in [2.24, 2.45) is 0 Å². The van der Waals surface area contributed by atoms with Crippen molar-refractivity contribution in [1.82, 2.24) is 9.97 Å². The molecule has 0 bridgehead atoms. The number of halogens is 1. The van der Waals surface area contributed by atoms with E-state index in [4.69, 9.17) is 0 Å². The Labute approximate surface area is 149 Å². The number of nitrogens with one attached hydrogen (secondary N) is 2. The number of nitrogens with zero attached hydrogens (tertiary/aromatic N) is 2. The zero-order valence-electron chi connectivity index (χ0n) is 13.9. The molecule has 0 aliphatic rings. The molecule has 1 aromatic heterocycles. The third-order valence-electron chi connectivity index (χ3n) is 3.50. The van der Waals surface area contributed by atoms with E-state index in [-0.39, 0.29) is 17.4 Å². The minimum atomic E-state index is -0.487. The standard InChI is InChI=1S/C19H15FN4O2/c1-12(25)13-4-2-6-15(10-13)23-19-21-9-8-17(24-19)18(26)22-16-7-3-5-14(20)11-16/h2-11H,1H3,(H,22,26)(H,21,23,24). The van der Waals surface area contributed by atoms with Crippen LogP contribution in [0.3, 0.4) is 0 Å². The van der Waals surface area contributed by atoms with Gasteiger partial charge in [0.2, 0.25) is 5.95 Å². The maximum atomic E-state index is 13.2. The molecule has 0 radical (unpaired) electrons. The maximum Gasteiger partial charge on any atom is 0.274 e. The van der Waals surface area contributed by atoms with Crippen LogP contribution < -0.4 is 10.6 Å². The average molecular weight is 350 g/mol. The molecule has 7 heteroatoms. The van der Waals surface area contributed by atoms with E-state index in [1.54, 1.807) is 30.3 Å². The Balaban J connectivity index is 1.76. The fourth-order valence-electron chi connectivity index (χ4n) is 2.25. The van der Waals surface area contributed by atoms with E-state index < -0.39 is 11.7 Å². The summed E-state index contributed by atoms with van der Waals surface area (Å²) >= 11 is 0. The molecule has 130 valence electrons. The largest absolute Gasteiger partial charge is 0.324 e. The van der Waals surface area contributed by atoms with Crippen LogP contribution in [0.2, 0.25) is 0 Å². The van der Waals surface area contributed by atoms with Gasteiger partial charge in [-0.2, -0.15) is 0 Å². The summed E-state index contributed by atoms with van der Waals surface area (Å²) in [6, 6.07) is 13.9. The zero-order valence-corrected chi connectivity index (χ0v) is 13.9. The second-order valence-electron chi connectivity index (χ2n) is 5.49. The van der Waals surface area contributed by atoms with Gasteiger partial charge in [-0.25, -0.2) is 14.4 Å². The van der Waals surface area contributed by atoms with E-state index >= 15 is 0 Å². The fraction of sp³-hybridized carbons (Fsp3) is 0.0526. The average Bonchev–Trinajstić information content (AvgIpc) is 2.62. The van der Waals surface area contributed by atoms with Crippen LogP contribution in [-0.4, -0.2) is 21.7 Å². The van der Waals surface area contributed by atoms with Gasteiger partial charge in [-0.3, -0.25) is 9.59 Å². The van der Waals surface area contributed by atoms with Crippen LogP contribution in [0.25, 0.3) is 0 Å². The maximum absolute atomic E-state index is 13.2. The van der Waals surface area contributed by atoms with Crippen LogP contribution in [0.4, 0.5) is 21.7 Å². The van der Waals surface area contributed by atoms with Crippen molar-refractivity contribution in [2.75, 3.05) is 10.6 Å². The topological polar surface area (TPSA) is 84.0 Å². The lowest BCUT2D eigenvalue weighted by Crippen LogP contribution is -2.14. The summed E-state index contributed by atoms with van der Waals surface area (Å²) in [4.78, 5) is 31.9. The van der Waals surface area contributed by atoms with Crippen molar-refractivity contribution < 1.29 is 14.0 Å². The molecule has 3 rings (SSSR count). The number of Topliss-reactive ketones (excluding diaryl/α,β-unsaturated/α-hetero) is 1. The first kappa shape index (κ1) is 17.2. The Hall–Kier alpha value is -3.61. The van der Waals surface area contributed by atoms with Crippen LogP contribution >= 0.6 is 0 Å². The highest BCUT2D eigenvalue weighted by Gasteiger charge is 2.10. The van der Waals surface area contributed by atoms with Gasteiger partial charge in [-0.15, -0.1) is 0 Å². The Bertz CT molecular complexity index is 975. The molecule has 3 aromatic rings. The molecule has 6 nitrogen and oxygen atoms in total. The molecule has 26 heavy (non-hydrogen) atoms. The third kappa shape index (κ3) is 4.27. The highest BCUT2D eigenvalue weighted by molar-refractivity contribution is 6.03. The summed E-state index contributed by atoms with van der Waals surface area (Å²) in [6.45, 7) is 1.48. The number of hydrogen-bond donors (Lipinski definition) is 2. The third-order valence-corrected chi connectivity index (χ3v) is 3.50. The summed E-state index contributed by atoms with van der Waals surface area (Å²) in [5.74, 6) is -0.785. The van der Waals surface area contributed by atoms with Crippen LogP contribution in [0.5, 0.6) is 0 Å². The molecule has 0 spiro atoms. The second-order valence-corrected chi connectivity index (χ2v) is 5.49. The molecular formula is C19H15FN4O2.